The number of ether oxygens (including phenoxy) is 3. The number of carbonyl (C=O) groups excluding carboxylic acids is 4. The molecule has 0 amide bonds. The highest BCUT2D eigenvalue weighted by molar-refractivity contribution is 7.07. The molecule has 184 valence electrons. The molecule has 2 fully saturated rings. The van der Waals surface area contributed by atoms with Crippen molar-refractivity contribution in [2.45, 2.75) is 36.4 Å². The van der Waals surface area contributed by atoms with Gasteiger partial charge in [-0.2, -0.15) is 0 Å². The fourth-order valence-corrected chi connectivity index (χ4v) is 6.18. The zero-order chi connectivity index (χ0) is 25.0. The third-order valence-electron chi connectivity index (χ3n) is 7.29. The SMILES string of the molecule is COC(=O)[C@@H]1C=C(OC(=O)c2cscn2)C(=O)[C@H]2[C@@]1(N)CC[C@H]1C(=O)O[C@H](c3ccoc3)C[C@]21N. The zero-order valence-electron chi connectivity index (χ0n) is 18.7. The van der Waals surface area contributed by atoms with Gasteiger partial charge in [0.05, 0.1) is 42.9 Å². The van der Waals surface area contributed by atoms with E-state index in [1.807, 2.05) is 0 Å². The van der Waals surface area contributed by atoms with E-state index in [0.29, 0.717) is 5.56 Å². The standard InChI is InChI=1S/C23H23N3O8S/c1-31-19(28)13-6-15(33-21(30)14-9-35-10-26-14)17(27)18-22(13,24)4-2-12-20(29)34-16(7-23(12,18)25)11-3-5-32-8-11/h3,5-6,8-10,12-13,16,18H,2,4,7,24-25H2,1H3/t12-,13-,16-,18-,22+,23+/m0/s1. The van der Waals surface area contributed by atoms with Gasteiger partial charge in [0.2, 0.25) is 5.78 Å². The summed E-state index contributed by atoms with van der Waals surface area (Å²) in [5, 5.41) is 1.47. The number of thiazole rings is 1. The van der Waals surface area contributed by atoms with E-state index in [4.69, 9.17) is 30.1 Å². The molecule has 4 N–H and O–H groups in total. The molecule has 12 heteroatoms. The lowest BCUT2D eigenvalue weighted by Crippen LogP contribution is -2.76. The van der Waals surface area contributed by atoms with Crippen LogP contribution < -0.4 is 11.5 Å². The number of carbonyl (C=O) groups is 4. The Labute approximate surface area is 203 Å². The largest absolute Gasteiger partial charge is 0.472 e. The van der Waals surface area contributed by atoms with Gasteiger partial charge in [-0.15, -0.1) is 11.3 Å². The number of hydrogen-bond donors (Lipinski definition) is 2. The van der Waals surface area contributed by atoms with Crippen molar-refractivity contribution in [1.29, 1.82) is 0 Å². The first-order valence-corrected chi connectivity index (χ1v) is 11.9. The van der Waals surface area contributed by atoms with E-state index < -0.39 is 58.6 Å². The van der Waals surface area contributed by atoms with Crippen molar-refractivity contribution < 1.29 is 37.8 Å². The van der Waals surface area contributed by atoms with Crippen LogP contribution in [-0.2, 0) is 28.6 Å². The normalized spacial score (nSPS) is 34.2. The van der Waals surface area contributed by atoms with Crippen LogP contribution in [0.5, 0.6) is 0 Å². The number of cyclic esters (lactones) is 1. The molecule has 35 heavy (non-hydrogen) atoms. The summed E-state index contributed by atoms with van der Waals surface area (Å²) in [4.78, 5) is 56.2. The molecule has 0 aromatic carbocycles. The van der Waals surface area contributed by atoms with Crippen molar-refractivity contribution in [3.05, 3.63) is 52.6 Å². The number of nitrogens with two attached hydrogens (primary N) is 2. The van der Waals surface area contributed by atoms with Crippen LogP contribution in [-0.4, -0.2) is 46.9 Å². The van der Waals surface area contributed by atoms with E-state index in [1.165, 1.54) is 47.9 Å². The van der Waals surface area contributed by atoms with Crippen LogP contribution in [0.4, 0.5) is 0 Å². The monoisotopic (exact) mass is 501 g/mol. The second-order valence-electron chi connectivity index (χ2n) is 9.09. The molecule has 0 unspecified atom stereocenters. The summed E-state index contributed by atoms with van der Waals surface area (Å²) in [6.45, 7) is 0. The molecule has 0 radical (unpaired) electrons. The van der Waals surface area contributed by atoms with Gasteiger partial charge in [-0.25, -0.2) is 9.78 Å². The fraction of sp³-hybridized carbons (Fsp3) is 0.435. The minimum absolute atomic E-state index is 0.00755. The smallest absolute Gasteiger partial charge is 0.363 e. The molecular weight excluding hydrogens is 478 g/mol. The van der Waals surface area contributed by atoms with Crippen molar-refractivity contribution in [2.24, 2.45) is 29.2 Å². The van der Waals surface area contributed by atoms with Gasteiger partial charge in [0, 0.05) is 28.4 Å². The van der Waals surface area contributed by atoms with E-state index in [1.54, 1.807) is 6.07 Å². The van der Waals surface area contributed by atoms with Crippen LogP contribution in [0, 0.1) is 17.8 Å². The Hall–Kier alpha value is -3.35. The highest BCUT2D eigenvalue weighted by Crippen LogP contribution is 2.55. The second-order valence-corrected chi connectivity index (χ2v) is 9.81. The fourth-order valence-electron chi connectivity index (χ4n) is 5.65. The maximum atomic E-state index is 13.8. The molecule has 3 aliphatic rings. The summed E-state index contributed by atoms with van der Waals surface area (Å²) in [6, 6.07) is 1.64. The predicted molar refractivity (Wildman–Crippen MR) is 118 cm³/mol. The molecule has 2 aromatic heterocycles. The van der Waals surface area contributed by atoms with E-state index >= 15 is 0 Å². The van der Waals surface area contributed by atoms with Crippen LogP contribution in [0.3, 0.4) is 0 Å². The molecule has 1 aliphatic heterocycles. The van der Waals surface area contributed by atoms with Crippen molar-refractivity contribution in [3.8, 4) is 0 Å². The first kappa shape index (κ1) is 23.4. The van der Waals surface area contributed by atoms with Gasteiger partial charge in [0.1, 0.15) is 6.10 Å². The van der Waals surface area contributed by atoms with E-state index in [9.17, 15) is 19.2 Å². The maximum Gasteiger partial charge on any atom is 0.363 e. The minimum atomic E-state index is -1.49. The topological polar surface area (TPSA) is 174 Å². The first-order chi connectivity index (χ1) is 16.7. The number of furan rings is 1. The number of allylic oxidation sites excluding steroid dienone is 1. The van der Waals surface area contributed by atoms with Crippen LogP contribution in [0.2, 0.25) is 0 Å². The third kappa shape index (κ3) is 3.60. The van der Waals surface area contributed by atoms with Crippen molar-refractivity contribution in [3.63, 3.8) is 0 Å². The van der Waals surface area contributed by atoms with Crippen molar-refractivity contribution >= 4 is 35.0 Å². The molecule has 0 spiro atoms. The summed E-state index contributed by atoms with van der Waals surface area (Å²) in [6.07, 6.45) is 3.70. The van der Waals surface area contributed by atoms with E-state index in [0.717, 1.165) is 0 Å². The van der Waals surface area contributed by atoms with Crippen LogP contribution >= 0.6 is 11.3 Å². The molecule has 2 aromatic rings. The summed E-state index contributed by atoms with van der Waals surface area (Å²) in [5.74, 6) is -6.40. The van der Waals surface area contributed by atoms with Crippen LogP contribution in [0.25, 0.3) is 0 Å². The molecule has 2 aliphatic carbocycles. The Balaban J connectivity index is 1.58. The summed E-state index contributed by atoms with van der Waals surface area (Å²) in [7, 11) is 1.20. The second kappa shape index (κ2) is 8.40. The van der Waals surface area contributed by atoms with E-state index in [2.05, 4.69) is 4.98 Å². The van der Waals surface area contributed by atoms with Gasteiger partial charge in [0.15, 0.2) is 11.5 Å². The van der Waals surface area contributed by atoms with Gasteiger partial charge in [0.25, 0.3) is 0 Å². The van der Waals surface area contributed by atoms with Gasteiger partial charge >= 0.3 is 17.9 Å². The Morgan fingerprint density at radius 2 is 2.06 bits per heavy atom. The molecule has 5 rings (SSSR count). The molecule has 6 atom stereocenters. The van der Waals surface area contributed by atoms with E-state index in [-0.39, 0.29) is 30.7 Å². The number of aromatic nitrogens is 1. The number of methoxy groups -OCH3 is 1. The number of fused-ring (bicyclic) bond motifs is 3. The molecular formula is C23H23N3O8S. The molecule has 0 bridgehead atoms. The average molecular weight is 502 g/mol. The van der Waals surface area contributed by atoms with Crippen molar-refractivity contribution in [1.82, 2.24) is 4.98 Å². The number of rotatable bonds is 4. The maximum absolute atomic E-state index is 13.8. The Morgan fingerprint density at radius 3 is 2.71 bits per heavy atom. The summed E-state index contributed by atoms with van der Waals surface area (Å²) in [5.41, 5.74) is 12.8. The first-order valence-electron chi connectivity index (χ1n) is 10.9. The molecule has 1 saturated heterocycles. The Bertz CT molecular complexity index is 1210. The van der Waals surface area contributed by atoms with Crippen LogP contribution in [0.15, 0.2) is 45.7 Å². The average Bonchev–Trinajstić information content (AvgIpc) is 3.54. The molecule has 11 nitrogen and oxygen atoms in total. The Morgan fingerprint density at radius 1 is 1.26 bits per heavy atom. The predicted octanol–water partition coefficient (Wildman–Crippen LogP) is 1.26. The lowest BCUT2D eigenvalue weighted by molar-refractivity contribution is -0.179. The number of Topliss-reactive ketones (excluding diaryl/α,β-unsaturated/α-hetero) is 1. The Kier molecular flexibility index (Phi) is 5.61. The number of nitrogens with zero attached hydrogens (tertiary/aromatic N) is 1. The number of hydrogen-bond acceptors (Lipinski definition) is 12. The lowest BCUT2D eigenvalue weighted by atomic mass is 9.50. The van der Waals surface area contributed by atoms with Crippen LogP contribution in [0.1, 0.15) is 41.4 Å². The quantitative estimate of drug-likeness (QED) is 0.456. The van der Waals surface area contributed by atoms with Gasteiger partial charge in [-0.1, -0.05) is 0 Å². The van der Waals surface area contributed by atoms with Crippen molar-refractivity contribution in [2.75, 3.05) is 7.11 Å². The van der Waals surface area contributed by atoms with Gasteiger partial charge < -0.3 is 30.1 Å². The van der Waals surface area contributed by atoms with Gasteiger partial charge in [-0.05, 0) is 25.0 Å². The number of ketones is 1. The van der Waals surface area contributed by atoms with Gasteiger partial charge in [-0.3, -0.25) is 14.4 Å². The summed E-state index contributed by atoms with van der Waals surface area (Å²) >= 11 is 1.18. The minimum Gasteiger partial charge on any atom is -0.472 e. The molecule has 1 saturated carbocycles. The number of esters is 3. The highest BCUT2D eigenvalue weighted by atomic mass is 32.1. The third-order valence-corrected chi connectivity index (χ3v) is 7.87. The lowest BCUT2D eigenvalue weighted by Gasteiger charge is -2.58. The highest BCUT2D eigenvalue weighted by Gasteiger charge is 2.67. The summed E-state index contributed by atoms with van der Waals surface area (Å²) < 4.78 is 21.1. The molecule has 3 heterocycles. The zero-order valence-corrected chi connectivity index (χ0v) is 19.5.